The molecule has 0 spiro atoms. The van der Waals surface area contributed by atoms with E-state index in [0.717, 1.165) is 46.7 Å². The van der Waals surface area contributed by atoms with Gasteiger partial charge < -0.3 is 11.1 Å². The maximum Gasteiger partial charge on any atom is 0.137 e. The largest absolute Gasteiger partial charge is 0.404 e. The Morgan fingerprint density at radius 1 is 1.32 bits per heavy atom. The third-order valence-electron chi connectivity index (χ3n) is 4.38. The Morgan fingerprint density at radius 3 is 2.92 bits per heavy atom. The van der Waals surface area contributed by atoms with Gasteiger partial charge in [-0.25, -0.2) is 4.98 Å². The molecule has 126 valence electrons. The number of fused-ring (bicyclic) bond motifs is 1. The van der Waals surface area contributed by atoms with E-state index in [1.807, 2.05) is 50.1 Å². The number of nitrogens with one attached hydrogen (secondary N) is 1. The van der Waals surface area contributed by atoms with Gasteiger partial charge in [0.1, 0.15) is 5.65 Å². The van der Waals surface area contributed by atoms with Gasteiger partial charge in [-0.1, -0.05) is 0 Å². The summed E-state index contributed by atoms with van der Waals surface area (Å²) >= 11 is 0. The average molecular weight is 332 g/mol. The van der Waals surface area contributed by atoms with Crippen LogP contribution in [0, 0.1) is 6.92 Å². The van der Waals surface area contributed by atoms with E-state index in [9.17, 15) is 0 Å². The predicted octanol–water partition coefficient (Wildman–Crippen LogP) is 2.05. The quantitative estimate of drug-likeness (QED) is 0.717. The van der Waals surface area contributed by atoms with Crippen molar-refractivity contribution in [2.45, 2.75) is 13.0 Å². The molecule has 0 unspecified atom stereocenters. The molecule has 1 saturated heterocycles. The third kappa shape index (κ3) is 3.04. The molecule has 3 aromatic rings. The minimum absolute atomic E-state index is 0.352. The zero-order valence-corrected chi connectivity index (χ0v) is 14.1. The molecule has 6 heteroatoms. The molecule has 0 amide bonds. The number of nitrogens with zero attached hydrogens (tertiary/aromatic N) is 4. The van der Waals surface area contributed by atoms with Crippen LogP contribution in [0.1, 0.15) is 11.1 Å². The van der Waals surface area contributed by atoms with Gasteiger partial charge in [-0.05, 0) is 36.2 Å². The summed E-state index contributed by atoms with van der Waals surface area (Å²) in [5.74, 6) is 0. The second kappa shape index (κ2) is 6.49. The van der Waals surface area contributed by atoms with Gasteiger partial charge in [0, 0.05) is 55.2 Å². The number of pyridine rings is 2. The van der Waals surface area contributed by atoms with E-state index in [2.05, 4.69) is 30.7 Å². The molecule has 25 heavy (non-hydrogen) atoms. The lowest BCUT2D eigenvalue weighted by Crippen LogP contribution is -2.45. The lowest BCUT2D eigenvalue weighted by molar-refractivity contribution is 0.449. The van der Waals surface area contributed by atoms with Gasteiger partial charge in [0.25, 0.3) is 0 Å². The molecule has 0 radical (unpaired) electrons. The predicted molar refractivity (Wildman–Crippen MR) is 100 cm³/mol. The second-order valence-electron chi connectivity index (χ2n) is 6.25. The van der Waals surface area contributed by atoms with Crippen molar-refractivity contribution >= 4 is 17.4 Å². The minimum Gasteiger partial charge on any atom is -0.404 e. The van der Waals surface area contributed by atoms with Crippen LogP contribution in [-0.4, -0.2) is 39.7 Å². The van der Waals surface area contributed by atoms with Gasteiger partial charge in [0.2, 0.25) is 0 Å². The van der Waals surface area contributed by atoms with E-state index in [-0.39, 0.29) is 0 Å². The summed E-state index contributed by atoms with van der Waals surface area (Å²) in [5, 5.41) is 3.21. The molecule has 0 aliphatic carbocycles. The molecule has 3 N–H and O–H groups in total. The maximum absolute atomic E-state index is 5.80. The van der Waals surface area contributed by atoms with Crippen molar-refractivity contribution < 1.29 is 0 Å². The summed E-state index contributed by atoms with van der Waals surface area (Å²) in [7, 11) is 0. The number of aliphatic imine (C=N–C) groups is 1. The van der Waals surface area contributed by atoms with Gasteiger partial charge in [-0.3, -0.25) is 14.4 Å². The SMILES string of the molecule is Cc1cncc(-c2cnc3cc(C(C=NC4CNC4)=CN)ccn23)c1. The minimum atomic E-state index is 0.352. The van der Waals surface area contributed by atoms with E-state index >= 15 is 0 Å². The summed E-state index contributed by atoms with van der Waals surface area (Å²) in [6.07, 6.45) is 11.0. The Hall–Kier alpha value is -2.99. The van der Waals surface area contributed by atoms with Crippen LogP contribution in [0.3, 0.4) is 0 Å². The van der Waals surface area contributed by atoms with Crippen LogP contribution in [0.5, 0.6) is 0 Å². The number of hydrogen-bond acceptors (Lipinski definition) is 5. The molecule has 1 fully saturated rings. The highest BCUT2D eigenvalue weighted by molar-refractivity contribution is 6.10. The normalized spacial score (nSPS) is 15.8. The summed E-state index contributed by atoms with van der Waals surface area (Å²) in [6.45, 7) is 3.90. The second-order valence-corrected chi connectivity index (χ2v) is 6.25. The molecular weight excluding hydrogens is 312 g/mol. The Morgan fingerprint density at radius 2 is 2.20 bits per heavy atom. The molecule has 6 nitrogen and oxygen atoms in total. The first-order chi connectivity index (χ1) is 12.2. The van der Waals surface area contributed by atoms with Gasteiger partial charge >= 0.3 is 0 Å². The van der Waals surface area contributed by atoms with E-state index in [1.165, 1.54) is 0 Å². The number of imidazole rings is 1. The number of hydrogen-bond donors (Lipinski definition) is 2. The van der Waals surface area contributed by atoms with Crippen molar-refractivity contribution in [1.82, 2.24) is 19.7 Å². The number of nitrogens with two attached hydrogens (primary N) is 1. The van der Waals surface area contributed by atoms with Crippen molar-refractivity contribution in [2.75, 3.05) is 13.1 Å². The third-order valence-corrected chi connectivity index (χ3v) is 4.38. The van der Waals surface area contributed by atoms with E-state index in [4.69, 9.17) is 5.73 Å². The first-order valence-corrected chi connectivity index (χ1v) is 8.30. The molecule has 0 aromatic carbocycles. The molecule has 4 rings (SSSR count). The zero-order chi connectivity index (χ0) is 17.2. The average Bonchev–Trinajstić information content (AvgIpc) is 3.00. The van der Waals surface area contributed by atoms with Crippen molar-refractivity contribution in [1.29, 1.82) is 0 Å². The molecule has 0 saturated carbocycles. The van der Waals surface area contributed by atoms with E-state index in [1.54, 1.807) is 6.20 Å². The highest BCUT2D eigenvalue weighted by atomic mass is 15.0. The van der Waals surface area contributed by atoms with Crippen LogP contribution >= 0.6 is 0 Å². The molecule has 1 aliphatic rings. The zero-order valence-electron chi connectivity index (χ0n) is 14.1. The van der Waals surface area contributed by atoms with Crippen LogP contribution in [0.4, 0.5) is 0 Å². The Bertz CT molecular complexity index is 965. The first-order valence-electron chi connectivity index (χ1n) is 8.30. The topological polar surface area (TPSA) is 80.6 Å². The lowest BCUT2D eigenvalue weighted by Gasteiger charge is -2.22. The summed E-state index contributed by atoms with van der Waals surface area (Å²) in [6, 6.07) is 6.52. The number of rotatable bonds is 4. The van der Waals surface area contributed by atoms with Gasteiger partial charge in [-0.2, -0.15) is 0 Å². The van der Waals surface area contributed by atoms with Crippen LogP contribution in [0.15, 0.2) is 54.2 Å². The smallest absolute Gasteiger partial charge is 0.137 e. The molecule has 1 aliphatic heterocycles. The Kier molecular flexibility index (Phi) is 4.03. The first kappa shape index (κ1) is 15.5. The van der Waals surface area contributed by atoms with Crippen molar-refractivity contribution in [3.63, 3.8) is 0 Å². The number of aromatic nitrogens is 3. The molecule has 0 atom stereocenters. The van der Waals surface area contributed by atoms with Gasteiger partial charge in [-0.15, -0.1) is 0 Å². The van der Waals surface area contributed by atoms with Gasteiger partial charge in [0.05, 0.1) is 17.9 Å². The highest BCUT2D eigenvalue weighted by Gasteiger charge is 2.14. The molecular formula is C19H20N6. The van der Waals surface area contributed by atoms with Crippen LogP contribution in [-0.2, 0) is 0 Å². The Balaban J connectivity index is 1.68. The number of aryl methyl sites for hydroxylation is 1. The lowest BCUT2D eigenvalue weighted by atomic mass is 10.1. The van der Waals surface area contributed by atoms with E-state index in [0.29, 0.717) is 6.04 Å². The van der Waals surface area contributed by atoms with Crippen LogP contribution in [0.25, 0.3) is 22.5 Å². The summed E-state index contributed by atoms with van der Waals surface area (Å²) in [5.41, 5.74) is 11.8. The molecule has 4 heterocycles. The highest BCUT2D eigenvalue weighted by Crippen LogP contribution is 2.23. The fraction of sp³-hybridized carbons (Fsp3) is 0.211. The standard InChI is InChI=1S/C19H20N6/c1-13-4-15(8-21-7-13)18-12-24-19-5-14(2-3-25(18)19)16(6-20)9-23-17-10-22-11-17/h2-9,12,17,22H,10-11,20H2,1H3. The summed E-state index contributed by atoms with van der Waals surface area (Å²) in [4.78, 5) is 13.4. The number of allylic oxidation sites excluding steroid dienone is 1. The summed E-state index contributed by atoms with van der Waals surface area (Å²) < 4.78 is 2.06. The van der Waals surface area contributed by atoms with Crippen molar-refractivity contribution in [2.24, 2.45) is 10.7 Å². The van der Waals surface area contributed by atoms with Crippen molar-refractivity contribution in [3.05, 3.63) is 60.3 Å². The maximum atomic E-state index is 5.80. The fourth-order valence-corrected chi connectivity index (χ4v) is 2.85. The van der Waals surface area contributed by atoms with Gasteiger partial charge in [0.15, 0.2) is 0 Å². The van der Waals surface area contributed by atoms with Crippen LogP contribution in [0.2, 0.25) is 0 Å². The Labute approximate surface area is 146 Å². The fourth-order valence-electron chi connectivity index (χ4n) is 2.85. The van der Waals surface area contributed by atoms with Crippen LogP contribution < -0.4 is 11.1 Å². The van der Waals surface area contributed by atoms with E-state index < -0.39 is 0 Å². The monoisotopic (exact) mass is 332 g/mol. The molecule has 0 bridgehead atoms. The van der Waals surface area contributed by atoms with Crippen molar-refractivity contribution in [3.8, 4) is 11.3 Å². The molecule has 3 aromatic heterocycles.